The van der Waals surface area contributed by atoms with E-state index in [9.17, 15) is 4.79 Å². The summed E-state index contributed by atoms with van der Waals surface area (Å²) in [7, 11) is 0. The van der Waals surface area contributed by atoms with Crippen LogP contribution in [0.4, 0.5) is 5.69 Å². The van der Waals surface area contributed by atoms with E-state index in [-0.39, 0.29) is 16.7 Å². The first-order chi connectivity index (χ1) is 23.5. The lowest BCUT2D eigenvalue weighted by Crippen LogP contribution is -2.37. The Morgan fingerprint density at radius 2 is 2.00 bits per heavy atom. The van der Waals surface area contributed by atoms with Gasteiger partial charge in [0.1, 0.15) is 5.69 Å². The summed E-state index contributed by atoms with van der Waals surface area (Å²) in [6, 6.07) is 22.2. The van der Waals surface area contributed by atoms with E-state index in [2.05, 4.69) is 71.6 Å². The first-order valence-electron chi connectivity index (χ1n) is 16.3. The second-order valence-corrected chi connectivity index (χ2v) is 14.3. The second kappa shape index (κ2) is 11.1. The molecule has 5 aromatic heterocycles. The highest BCUT2D eigenvalue weighted by atomic mass is 32.1. The molecule has 5 heterocycles. The van der Waals surface area contributed by atoms with Crippen LogP contribution in [-0.4, -0.2) is 52.2 Å². The molecule has 0 saturated heterocycles. The molecule has 2 fully saturated rings. The van der Waals surface area contributed by atoms with Crippen LogP contribution in [0.3, 0.4) is 0 Å². The van der Waals surface area contributed by atoms with Gasteiger partial charge in [-0.3, -0.25) is 9.48 Å². The Bertz CT molecular complexity index is 2260. The predicted octanol–water partition coefficient (Wildman–Crippen LogP) is 6.53. The van der Waals surface area contributed by atoms with Gasteiger partial charge in [-0.1, -0.05) is 42.0 Å². The quantitative estimate of drug-likeness (QED) is 0.153. The smallest absolute Gasteiger partial charge is 0.252 e. The average molecular weight is 655 g/mol. The number of aromatic amines is 1. The van der Waals surface area contributed by atoms with Crippen molar-refractivity contribution in [2.24, 2.45) is 10.8 Å². The fourth-order valence-electron chi connectivity index (χ4n) is 7.46. The number of aryl methyl sites for hydroxylation is 1. The van der Waals surface area contributed by atoms with E-state index in [1.165, 1.54) is 24.1 Å². The number of carbonyl (C=O) groups excluding carboxylic acids is 1. The second-order valence-electron chi connectivity index (χ2n) is 13.3. The van der Waals surface area contributed by atoms with Gasteiger partial charge < -0.3 is 15.6 Å². The maximum atomic E-state index is 13.6. The van der Waals surface area contributed by atoms with Gasteiger partial charge in [-0.25, -0.2) is 9.97 Å². The monoisotopic (exact) mass is 654 g/mol. The molecule has 1 amide bonds. The minimum atomic E-state index is -0.132. The van der Waals surface area contributed by atoms with Gasteiger partial charge in [0.25, 0.3) is 5.91 Å². The molecule has 1 atom stereocenters. The maximum absolute atomic E-state index is 13.6. The van der Waals surface area contributed by atoms with Crippen molar-refractivity contribution in [1.29, 1.82) is 0 Å². The number of hydrogen-bond acceptors (Lipinski definition) is 8. The number of nitrogens with zero attached hydrogens (tertiary/aromatic N) is 7. The third-order valence-corrected chi connectivity index (χ3v) is 11.2. The molecule has 1 unspecified atom stereocenters. The molecule has 11 nitrogen and oxygen atoms in total. The number of benzene rings is 2. The third kappa shape index (κ3) is 4.94. The summed E-state index contributed by atoms with van der Waals surface area (Å²) in [4.78, 5) is 27.5. The first-order valence-corrected chi connectivity index (χ1v) is 17.2. The zero-order valence-electron chi connectivity index (χ0n) is 26.5. The summed E-state index contributed by atoms with van der Waals surface area (Å²) in [6.07, 6.45) is 8.36. The van der Waals surface area contributed by atoms with Crippen LogP contribution in [0.5, 0.6) is 0 Å². The predicted molar refractivity (Wildman–Crippen MR) is 186 cm³/mol. The van der Waals surface area contributed by atoms with Gasteiger partial charge >= 0.3 is 0 Å². The lowest BCUT2D eigenvalue weighted by molar-refractivity contribution is 0.0923. The number of hydrogen-bond donors (Lipinski definition) is 3. The van der Waals surface area contributed by atoms with Crippen LogP contribution in [0.15, 0.2) is 84.5 Å². The highest BCUT2D eigenvalue weighted by Crippen LogP contribution is 2.74. The van der Waals surface area contributed by atoms with Gasteiger partial charge in [-0.15, -0.1) is 16.4 Å². The highest BCUT2D eigenvalue weighted by Gasteiger charge is 2.69. The number of para-hydroxylation sites is 2. The molecule has 2 aliphatic rings. The Morgan fingerprint density at radius 3 is 2.81 bits per heavy atom. The molecule has 2 saturated carbocycles. The molecule has 0 radical (unpaired) electrons. The Morgan fingerprint density at radius 1 is 1.08 bits per heavy atom. The molecule has 1 spiro atoms. The van der Waals surface area contributed by atoms with Crippen molar-refractivity contribution < 1.29 is 4.79 Å². The van der Waals surface area contributed by atoms with Crippen LogP contribution in [0.25, 0.3) is 39.3 Å². The van der Waals surface area contributed by atoms with Crippen molar-refractivity contribution in [2.45, 2.75) is 45.7 Å². The minimum Gasteiger partial charge on any atom is -0.380 e. The Kier molecular flexibility index (Phi) is 6.68. The van der Waals surface area contributed by atoms with Gasteiger partial charge in [0.15, 0.2) is 5.65 Å². The number of anilines is 1. The van der Waals surface area contributed by atoms with Gasteiger partial charge in [-0.2, -0.15) is 9.78 Å². The van der Waals surface area contributed by atoms with Crippen LogP contribution in [0, 0.1) is 17.8 Å². The van der Waals surface area contributed by atoms with E-state index in [0.717, 1.165) is 58.6 Å². The Hall–Kier alpha value is -5.36. The molecule has 2 aliphatic carbocycles. The van der Waals surface area contributed by atoms with Crippen molar-refractivity contribution in [3.05, 3.63) is 101 Å². The van der Waals surface area contributed by atoms with Crippen LogP contribution in [-0.2, 0) is 13.1 Å². The van der Waals surface area contributed by atoms with E-state index in [4.69, 9.17) is 5.10 Å². The number of nitrogens with one attached hydrogen (secondary N) is 3. The lowest BCUT2D eigenvalue weighted by Gasteiger charge is -2.33. The lowest BCUT2D eigenvalue weighted by atomic mass is 9.75. The number of carbonyl (C=O) groups is 1. The van der Waals surface area contributed by atoms with E-state index < -0.39 is 0 Å². The topological polar surface area (TPSA) is 131 Å². The zero-order chi connectivity index (χ0) is 32.3. The van der Waals surface area contributed by atoms with Crippen molar-refractivity contribution in [3.8, 4) is 17.2 Å². The van der Waals surface area contributed by atoms with E-state index in [1.807, 2.05) is 54.2 Å². The molecular formula is C36H34N10OS. The average Bonchev–Trinajstić information content (AvgIpc) is 3.69. The molecule has 240 valence electrons. The standard InChI is InChI=1S/C36H34N10OS/c1-23-28-16-25(17-38-32(28)46(43-23)34-40-29-10-2-3-11-30(29)41-34)33(47)39-21-36(20-35(36)12-6-13-35)22-45-19-31(42-44-45)24-7-4-8-26(15-24)37-18-27-9-5-14-48-27/h2-5,7-11,14-17,19,37H,6,12-13,18,20-22H2,1H3,(H,39,47)(H,40,41). The fourth-order valence-corrected chi connectivity index (χ4v) is 8.10. The summed E-state index contributed by atoms with van der Waals surface area (Å²) in [5.41, 5.74) is 6.88. The number of imidazole rings is 1. The third-order valence-electron chi connectivity index (χ3n) is 10.3. The number of pyridine rings is 1. The molecule has 2 aromatic carbocycles. The molecule has 0 aliphatic heterocycles. The summed E-state index contributed by atoms with van der Waals surface area (Å²) in [5, 5.41) is 23.4. The Labute approximate surface area is 280 Å². The van der Waals surface area contributed by atoms with E-state index in [0.29, 0.717) is 23.7 Å². The number of rotatable bonds is 10. The molecule has 0 bridgehead atoms. The summed E-state index contributed by atoms with van der Waals surface area (Å²) < 4.78 is 3.67. The maximum Gasteiger partial charge on any atom is 0.252 e. The number of H-pyrrole nitrogens is 1. The van der Waals surface area contributed by atoms with Gasteiger partial charge in [-0.05, 0) is 73.4 Å². The highest BCUT2D eigenvalue weighted by molar-refractivity contribution is 7.09. The molecule has 48 heavy (non-hydrogen) atoms. The van der Waals surface area contributed by atoms with Crippen molar-refractivity contribution in [3.63, 3.8) is 0 Å². The van der Waals surface area contributed by atoms with Gasteiger partial charge in [0.05, 0.1) is 35.0 Å². The van der Waals surface area contributed by atoms with Crippen LogP contribution in [0.1, 0.15) is 46.6 Å². The molecule has 9 rings (SSSR count). The largest absolute Gasteiger partial charge is 0.380 e. The summed E-state index contributed by atoms with van der Waals surface area (Å²) in [5.74, 6) is 0.461. The summed E-state index contributed by atoms with van der Waals surface area (Å²) >= 11 is 1.75. The number of fused-ring (bicyclic) bond motifs is 2. The normalized spacial score (nSPS) is 17.9. The van der Waals surface area contributed by atoms with Gasteiger partial charge in [0, 0.05) is 46.2 Å². The van der Waals surface area contributed by atoms with E-state index >= 15 is 0 Å². The Balaban J connectivity index is 0.902. The number of thiophene rings is 1. The van der Waals surface area contributed by atoms with Crippen molar-refractivity contribution in [1.82, 2.24) is 45.0 Å². The molecular weight excluding hydrogens is 621 g/mol. The summed E-state index contributed by atoms with van der Waals surface area (Å²) in [6.45, 7) is 4.02. The van der Waals surface area contributed by atoms with Crippen molar-refractivity contribution in [2.75, 3.05) is 11.9 Å². The van der Waals surface area contributed by atoms with Gasteiger partial charge in [0.2, 0.25) is 5.95 Å². The van der Waals surface area contributed by atoms with Crippen LogP contribution >= 0.6 is 11.3 Å². The molecule has 3 N–H and O–H groups in total. The van der Waals surface area contributed by atoms with Crippen LogP contribution in [0.2, 0.25) is 0 Å². The minimum absolute atomic E-state index is 0.0460. The number of aromatic nitrogens is 8. The van der Waals surface area contributed by atoms with Crippen molar-refractivity contribution >= 4 is 45.0 Å². The number of amides is 1. The SMILES string of the molecule is Cc1nn(-c2nc3ccccc3[nH]2)c2ncc(C(=O)NCC3(Cn4cc(-c5cccc(NCc6cccs6)c5)nn4)CC34CCC4)cc12. The molecule has 12 heteroatoms. The zero-order valence-corrected chi connectivity index (χ0v) is 27.3. The van der Waals surface area contributed by atoms with E-state index in [1.54, 1.807) is 22.2 Å². The fraction of sp³-hybridized carbons (Fsp3) is 0.278. The molecule has 7 aromatic rings. The van der Waals surface area contributed by atoms with Crippen LogP contribution < -0.4 is 10.6 Å². The first kappa shape index (κ1) is 28.8.